The standard InChI is InChI=1S/C32H41N3O6S/c1-8-28(32(37)33-22(2)3)34(20-25-13-9-23(4)10-14-25)31(36)21-35(26-15-11-24(5)12-16-26)42(38,39)27-17-18-29(40-6)30(19-27)41-7/h9-19,22,28H,8,20-21H2,1-7H3,(H,33,37). The largest absolute Gasteiger partial charge is 0.493 e. The summed E-state index contributed by atoms with van der Waals surface area (Å²) in [7, 11) is -1.37. The molecule has 0 bridgehead atoms. The quantitative estimate of drug-likeness (QED) is 0.303. The van der Waals surface area contributed by atoms with Gasteiger partial charge in [0.05, 0.1) is 24.8 Å². The Bertz CT molecular complexity index is 1470. The van der Waals surface area contributed by atoms with Crippen molar-refractivity contribution >= 4 is 27.5 Å². The summed E-state index contributed by atoms with van der Waals surface area (Å²) in [4.78, 5) is 28.8. The van der Waals surface area contributed by atoms with Gasteiger partial charge in [-0.3, -0.25) is 13.9 Å². The van der Waals surface area contributed by atoms with E-state index in [1.165, 1.54) is 37.3 Å². The minimum atomic E-state index is -4.25. The number of sulfonamides is 1. The molecule has 1 N–H and O–H groups in total. The molecule has 0 fully saturated rings. The predicted molar refractivity (Wildman–Crippen MR) is 164 cm³/mol. The van der Waals surface area contributed by atoms with Crippen LogP contribution in [0, 0.1) is 13.8 Å². The van der Waals surface area contributed by atoms with Crippen molar-refractivity contribution < 1.29 is 27.5 Å². The maximum atomic E-state index is 14.2. The van der Waals surface area contributed by atoms with Crippen LogP contribution in [0.2, 0.25) is 0 Å². The number of amides is 2. The smallest absolute Gasteiger partial charge is 0.264 e. The van der Waals surface area contributed by atoms with Crippen LogP contribution in [0.5, 0.6) is 11.5 Å². The van der Waals surface area contributed by atoms with Crippen molar-refractivity contribution in [3.63, 3.8) is 0 Å². The van der Waals surface area contributed by atoms with Gasteiger partial charge in [-0.05, 0) is 63.9 Å². The molecule has 0 radical (unpaired) electrons. The van der Waals surface area contributed by atoms with Crippen molar-refractivity contribution in [2.24, 2.45) is 0 Å². The third-order valence-corrected chi connectivity index (χ3v) is 8.60. The van der Waals surface area contributed by atoms with Gasteiger partial charge in [0.15, 0.2) is 11.5 Å². The lowest BCUT2D eigenvalue weighted by atomic mass is 10.1. The van der Waals surface area contributed by atoms with Crippen LogP contribution >= 0.6 is 0 Å². The zero-order valence-corrected chi connectivity index (χ0v) is 26.2. The van der Waals surface area contributed by atoms with Crippen LogP contribution in [0.3, 0.4) is 0 Å². The highest BCUT2D eigenvalue weighted by Crippen LogP contribution is 2.32. The third kappa shape index (κ3) is 7.82. The molecule has 0 saturated heterocycles. The molecule has 9 nitrogen and oxygen atoms in total. The number of methoxy groups -OCH3 is 2. The van der Waals surface area contributed by atoms with Crippen LogP contribution < -0.4 is 19.1 Å². The molecule has 10 heteroatoms. The molecule has 226 valence electrons. The minimum Gasteiger partial charge on any atom is -0.493 e. The van der Waals surface area contributed by atoms with E-state index in [9.17, 15) is 18.0 Å². The Morgan fingerprint density at radius 1 is 0.857 bits per heavy atom. The monoisotopic (exact) mass is 595 g/mol. The van der Waals surface area contributed by atoms with Crippen LogP contribution in [-0.2, 0) is 26.2 Å². The van der Waals surface area contributed by atoms with E-state index in [1.807, 2.05) is 58.9 Å². The first kappa shape index (κ1) is 32.5. The van der Waals surface area contributed by atoms with Crippen LogP contribution in [0.25, 0.3) is 0 Å². The van der Waals surface area contributed by atoms with Crippen LogP contribution in [0.1, 0.15) is 43.9 Å². The van der Waals surface area contributed by atoms with Crippen molar-refractivity contribution in [2.45, 2.75) is 64.6 Å². The van der Waals surface area contributed by atoms with Crippen molar-refractivity contribution in [3.05, 3.63) is 83.4 Å². The van der Waals surface area contributed by atoms with Crippen molar-refractivity contribution in [1.29, 1.82) is 0 Å². The summed E-state index contributed by atoms with van der Waals surface area (Å²) in [6.07, 6.45) is 0.350. The molecular weight excluding hydrogens is 554 g/mol. The fourth-order valence-electron chi connectivity index (χ4n) is 4.53. The number of hydrogen-bond donors (Lipinski definition) is 1. The summed E-state index contributed by atoms with van der Waals surface area (Å²) >= 11 is 0. The third-order valence-electron chi connectivity index (χ3n) is 6.83. The second kappa shape index (κ2) is 14.2. The van der Waals surface area contributed by atoms with E-state index in [0.717, 1.165) is 21.0 Å². The topological polar surface area (TPSA) is 105 Å². The van der Waals surface area contributed by atoms with Crippen LogP contribution in [0.4, 0.5) is 5.69 Å². The number of carbonyl (C=O) groups excluding carboxylic acids is 2. The van der Waals surface area contributed by atoms with Crippen LogP contribution in [-0.4, -0.2) is 58.0 Å². The number of rotatable bonds is 13. The van der Waals surface area contributed by atoms with Gasteiger partial charge in [0, 0.05) is 18.7 Å². The van der Waals surface area contributed by atoms with Crippen molar-refractivity contribution in [2.75, 3.05) is 25.1 Å². The molecule has 0 aliphatic heterocycles. The number of benzene rings is 3. The Labute approximate surface area is 249 Å². The van der Waals surface area contributed by atoms with Gasteiger partial charge >= 0.3 is 0 Å². The van der Waals surface area contributed by atoms with E-state index < -0.39 is 28.5 Å². The van der Waals surface area contributed by atoms with E-state index in [1.54, 1.807) is 24.3 Å². The summed E-state index contributed by atoms with van der Waals surface area (Å²) in [6, 6.07) is 17.9. The molecule has 1 unspecified atom stereocenters. The average Bonchev–Trinajstić information content (AvgIpc) is 2.96. The first-order valence-corrected chi connectivity index (χ1v) is 15.3. The Kier molecular flexibility index (Phi) is 11.0. The van der Waals surface area contributed by atoms with E-state index in [-0.39, 0.29) is 29.1 Å². The van der Waals surface area contributed by atoms with Crippen LogP contribution in [0.15, 0.2) is 71.6 Å². The zero-order valence-electron chi connectivity index (χ0n) is 25.4. The fraction of sp³-hybridized carbons (Fsp3) is 0.375. The SMILES string of the molecule is CCC(C(=O)NC(C)C)N(Cc1ccc(C)cc1)C(=O)CN(c1ccc(C)cc1)S(=O)(=O)c1ccc(OC)c(OC)c1. The molecule has 3 aromatic rings. The number of anilines is 1. The molecule has 0 aliphatic carbocycles. The van der Waals surface area contributed by atoms with Crippen molar-refractivity contribution in [3.8, 4) is 11.5 Å². The first-order chi connectivity index (χ1) is 19.9. The highest BCUT2D eigenvalue weighted by Gasteiger charge is 2.34. The van der Waals surface area contributed by atoms with E-state index in [2.05, 4.69) is 5.32 Å². The Morgan fingerprint density at radius 2 is 1.43 bits per heavy atom. The first-order valence-electron chi connectivity index (χ1n) is 13.9. The number of nitrogens with zero attached hydrogens (tertiary/aromatic N) is 2. The number of aryl methyl sites for hydroxylation is 2. The molecule has 42 heavy (non-hydrogen) atoms. The highest BCUT2D eigenvalue weighted by molar-refractivity contribution is 7.92. The summed E-state index contributed by atoms with van der Waals surface area (Å²) in [6.45, 7) is 9.02. The maximum absolute atomic E-state index is 14.2. The van der Waals surface area contributed by atoms with Gasteiger partial charge in [0.2, 0.25) is 11.8 Å². The van der Waals surface area contributed by atoms with Gasteiger partial charge in [-0.1, -0.05) is 54.4 Å². The van der Waals surface area contributed by atoms with E-state index in [4.69, 9.17) is 9.47 Å². The van der Waals surface area contributed by atoms with E-state index in [0.29, 0.717) is 17.9 Å². The molecule has 0 aliphatic rings. The molecule has 3 rings (SSSR count). The summed E-state index contributed by atoms with van der Waals surface area (Å²) < 4.78 is 40.0. The maximum Gasteiger partial charge on any atom is 0.264 e. The summed E-state index contributed by atoms with van der Waals surface area (Å²) in [5.74, 6) is -0.185. The molecule has 0 heterocycles. The van der Waals surface area contributed by atoms with Gasteiger partial charge in [0.25, 0.3) is 10.0 Å². The van der Waals surface area contributed by atoms with Crippen molar-refractivity contribution in [1.82, 2.24) is 10.2 Å². The van der Waals surface area contributed by atoms with Gasteiger partial charge in [-0.25, -0.2) is 8.42 Å². The van der Waals surface area contributed by atoms with Gasteiger partial charge < -0.3 is 19.7 Å². The second-order valence-electron chi connectivity index (χ2n) is 10.5. The predicted octanol–water partition coefficient (Wildman–Crippen LogP) is 4.85. The summed E-state index contributed by atoms with van der Waals surface area (Å²) in [5.41, 5.74) is 3.15. The number of ether oxygens (including phenoxy) is 2. The lowest BCUT2D eigenvalue weighted by Crippen LogP contribution is -2.53. The van der Waals surface area contributed by atoms with E-state index >= 15 is 0 Å². The Balaban J connectivity index is 2.09. The average molecular weight is 596 g/mol. The minimum absolute atomic E-state index is 0.0665. The Morgan fingerprint density at radius 3 is 1.95 bits per heavy atom. The molecule has 0 spiro atoms. The second-order valence-corrected chi connectivity index (χ2v) is 12.3. The molecule has 0 aromatic heterocycles. The Hall–Kier alpha value is -4.05. The van der Waals surface area contributed by atoms with Gasteiger partial charge in [-0.15, -0.1) is 0 Å². The normalized spacial score (nSPS) is 12.0. The fourth-order valence-corrected chi connectivity index (χ4v) is 5.96. The molecular formula is C32H41N3O6S. The lowest BCUT2D eigenvalue weighted by molar-refractivity contribution is -0.140. The highest BCUT2D eigenvalue weighted by atomic mass is 32.2. The molecule has 2 amide bonds. The van der Waals surface area contributed by atoms with Gasteiger partial charge in [0.1, 0.15) is 12.6 Å². The van der Waals surface area contributed by atoms with Gasteiger partial charge in [-0.2, -0.15) is 0 Å². The summed E-state index contributed by atoms with van der Waals surface area (Å²) in [5, 5.41) is 2.90. The number of carbonyl (C=O) groups is 2. The lowest BCUT2D eigenvalue weighted by Gasteiger charge is -2.33. The zero-order chi connectivity index (χ0) is 31.0. The number of hydrogen-bond acceptors (Lipinski definition) is 6. The number of nitrogens with one attached hydrogen (secondary N) is 1. The molecule has 3 aromatic carbocycles. The molecule has 0 saturated carbocycles. The molecule has 1 atom stereocenters.